The first-order chi connectivity index (χ1) is 14.3. The van der Waals surface area contributed by atoms with Gasteiger partial charge < -0.3 is 10.1 Å². The van der Waals surface area contributed by atoms with Crippen molar-refractivity contribution in [2.45, 2.75) is 33.2 Å². The van der Waals surface area contributed by atoms with Crippen molar-refractivity contribution in [2.75, 3.05) is 12.4 Å². The molecule has 2 heterocycles. The third-order valence-corrected chi connectivity index (χ3v) is 5.94. The number of hydrogen-bond donors (Lipinski definition) is 1. The van der Waals surface area contributed by atoms with Crippen LogP contribution < -0.4 is 10.9 Å². The zero-order valence-electron chi connectivity index (χ0n) is 16.9. The second-order valence-corrected chi connectivity index (χ2v) is 9.05. The van der Waals surface area contributed by atoms with Crippen molar-refractivity contribution in [3.8, 4) is 0 Å². The van der Waals surface area contributed by atoms with Gasteiger partial charge >= 0.3 is 5.97 Å². The van der Waals surface area contributed by atoms with E-state index in [4.69, 9.17) is 4.74 Å². The van der Waals surface area contributed by atoms with E-state index in [1.807, 2.05) is 11.4 Å². The molecule has 1 amide bonds. The number of aromatic nitrogens is 2. The number of esters is 1. The molecule has 2 aromatic heterocycles. The molecule has 0 radical (unpaired) electrons. The van der Waals surface area contributed by atoms with E-state index in [0.29, 0.717) is 33.8 Å². The van der Waals surface area contributed by atoms with E-state index >= 15 is 0 Å². The van der Waals surface area contributed by atoms with Gasteiger partial charge in [0.05, 0.1) is 29.9 Å². The average molecular weight is 492 g/mol. The fourth-order valence-electron chi connectivity index (χ4n) is 3.10. The second kappa shape index (κ2) is 9.53. The van der Waals surface area contributed by atoms with Gasteiger partial charge in [0.15, 0.2) is 0 Å². The van der Waals surface area contributed by atoms with Crippen LogP contribution in [-0.4, -0.2) is 28.5 Å². The predicted octanol–water partition coefficient (Wildman–Crippen LogP) is 4.23. The zero-order valence-corrected chi connectivity index (χ0v) is 19.3. The molecular formula is C21H22BrN3O4S. The molecule has 0 saturated carbocycles. The Labute approximate surface area is 186 Å². The third kappa shape index (κ3) is 4.96. The molecule has 158 valence electrons. The molecule has 3 aromatic rings. The number of hydrogen-bond acceptors (Lipinski definition) is 6. The molecule has 0 atom stereocenters. The van der Waals surface area contributed by atoms with Crippen LogP contribution in [0.15, 0.2) is 39.2 Å². The summed E-state index contributed by atoms with van der Waals surface area (Å²) in [6.07, 6.45) is 2.22. The number of anilines is 1. The Bertz CT molecular complexity index is 1150. The zero-order chi connectivity index (χ0) is 21.8. The molecule has 0 aliphatic rings. The van der Waals surface area contributed by atoms with Gasteiger partial charge in [-0.05, 0) is 41.5 Å². The number of fused-ring (bicyclic) bond motifs is 1. The first-order valence-electron chi connectivity index (χ1n) is 9.43. The molecule has 1 N–H and O–H groups in total. The molecule has 7 nitrogen and oxygen atoms in total. The molecule has 30 heavy (non-hydrogen) atoms. The number of rotatable bonds is 7. The van der Waals surface area contributed by atoms with E-state index in [-0.39, 0.29) is 24.4 Å². The molecule has 0 aliphatic carbocycles. The average Bonchev–Trinajstić information content (AvgIpc) is 3.08. The van der Waals surface area contributed by atoms with E-state index in [1.165, 1.54) is 29.3 Å². The fourth-order valence-corrected chi connectivity index (χ4v) is 4.44. The monoisotopic (exact) mass is 491 g/mol. The van der Waals surface area contributed by atoms with Gasteiger partial charge in [0.1, 0.15) is 5.00 Å². The number of benzene rings is 1. The highest BCUT2D eigenvalue weighted by Gasteiger charge is 2.21. The number of thiophene rings is 1. The quantitative estimate of drug-likeness (QED) is 0.499. The molecule has 0 unspecified atom stereocenters. The van der Waals surface area contributed by atoms with Crippen LogP contribution in [0.5, 0.6) is 0 Å². The van der Waals surface area contributed by atoms with Gasteiger partial charge in [-0.25, -0.2) is 9.78 Å². The maximum Gasteiger partial charge on any atom is 0.341 e. The van der Waals surface area contributed by atoms with Crippen LogP contribution in [0.4, 0.5) is 5.00 Å². The van der Waals surface area contributed by atoms with E-state index in [9.17, 15) is 14.4 Å². The number of aryl methyl sites for hydroxylation is 1. The van der Waals surface area contributed by atoms with Crippen molar-refractivity contribution >= 4 is 55.0 Å². The molecule has 0 fully saturated rings. The van der Waals surface area contributed by atoms with Crippen molar-refractivity contribution in [2.24, 2.45) is 5.92 Å². The highest BCUT2D eigenvalue weighted by molar-refractivity contribution is 9.10. The molecule has 0 saturated heterocycles. The lowest BCUT2D eigenvalue weighted by atomic mass is 10.0. The lowest BCUT2D eigenvalue weighted by Crippen LogP contribution is -2.24. The normalized spacial score (nSPS) is 11.1. The summed E-state index contributed by atoms with van der Waals surface area (Å²) < 4.78 is 7.09. The molecule has 0 bridgehead atoms. The molecule has 0 aliphatic heterocycles. The lowest BCUT2D eigenvalue weighted by molar-refractivity contribution is -0.116. The Hall–Kier alpha value is -2.52. The van der Waals surface area contributed by atoms with Gasteiger partial charge in [-0.15, -0.1) is 11.3 Å². The molecule has 9 heteroatoms. The highest BCUT2D eigenvalue weighted by Crippen LogP contribution is 2.31. The number of carbonyl (C=O) groups is 2. The minimum Gasteiger partial charge on any atom is -0.465 e. The van der Waals surface area contributed by atoms with Gasteiger partial charge in [0.2, 0.25) is 5.91 Å². The van der Waals surface area contributed by atoms with E-state index in [1.54, 1.807) is 12.1 Å². The Morgan fingerprint density at radius 2 is 2.10 bits per heavy atom. The number of halogens is 1. The summed E-state index contributed by atoms with van der Waals surface area (Å²) in [4.78, 5) is 41.7. The van der Waals surface area contributed by atoms with E-state index in [0.717, 1.165) is 10.0 Å². The second-order valence-electron chi connectivity index (χ2n) is 7.26. The van der Waals surface area contributed by atoms with Gasteiger partial charge in [0.25, 0.3) is 5.56 Å². The fraction of sp³-hybridized carbons (Fsp3) is 0.333. The lowest BCUT2D eigenvalue weighted by Gasteiger charge is -2.10. The van der Waals surface area contributed by atoms with Gasteiger partial charge in [-0.2, -0.15) is 0 Å². The topological polar surface area (TPSA) is 90.3 Å². The maximum atomic E-state index is 12.7. The largest absolute Gasteiger partial charge is 0.465 e. The highest BCUT2D eigenvalue weighted by atomic mass is 79.9. The van der Waals surface area contributed by atoms with Crippen molar-refractivity contribution in [1.82, 2.24) is 9.55 Å². The van der Waals surface area contributed by atoms with Crippen LogP contribution in [0.3, 0.4) is 0 Å². The van der Waals surface area contributed by atoms with Crippen molar-refractivity contribution in [3.63, 3.8) is 0 Å². The summed E-state index contributed by atoms with van der Waals surface area (Å²) in [5.74, 6) is -0.402. The number of nitrogens with zero attached hydrogens (tertiary/aromatic N) is 2. The van der Waals surface area contributed by atoms with Crippen LogP contribution in [0, 0.1) is 5.92 Å². The minimum absolute atomic E-state index is 0.0686. The number of carbonyl (C=O) groups excluding carboxylic acids is 2. The summed E-state index contributed by atoms with van der Waals surface area (Å²) in [6.45, 7) is 4.30. The maximum absolute atomic E-state index is 12.7. The first kappa shape index (κ1) is 22.2. The summed E-state index contributed by atoms with van der Waals surface area (Å²) >= 11 is 4.65. The van der Waals surface area contributed by atoms with Crippen molar-refractivity contribution in [3.05, 3.63) is 55.9 Å². The van der Waals surface area contributed by atoms with Crippen LogP contribution in [0.2, 0.25) is 0 Å². The molecule has 3 rings (SSSR count). The third-order valence-electron chi connectivity index (χ3n) is 4.50. The Kier molecular flexibility index (Phi) is 7.04. The molecular weight excluding hydrogens is 470 g/mol. The predicted molar refractivity (Wildman–Crippen MR) is 121 cm³/mol. The number of ether oxygens (including phenoxy) is 1. The molecule has 1 aromatic carbocycles. The van der Waals surface area contributed by atoms with Gasteiger partial charge in [0, 0.05) is 17.4 Å². The summed E-state index contributed by atoms with van der Waals surface area (Å²) in [6, 6.07) is 5.30. The van der Waals surface area contributed by atoms with Crippen LogP contribution in [0.1, 0.15) is 36.2 Å². The van der Waals surface area contributed by atoms with E-state index in [2.05, 4.69) is 40.1 Å². The van der Waals surface area contributed by atoms with Crippen LogP contribution in [-0.2, 0) is 22.5 Å². The standard InChI is InChI=1S/C21H22BrN3O4S/c1-12(2)8-13-10-30-19(18(13)21(28)29-3)24-17(26)6-7-25-11-23-16-5-4-14(22)9-15(16)20(25)27/h4-5,9-12H,6-8H2,1-3H3,(H,24,26). The Morgan fingerprint density at radius 1 is 1.33 bits per heavy atom. The van der Waals surface area contributed by atoms with E-state index < -0.39 is 5.97 Å². The van der Waals surface area contributed by atoms with Gasteiger partial charge in [-0.3, -0.25) is 14.2 Å². The first-order valence-corrected chi connectivity index (χ1v) is 11.1. The van der Waals surface area contributed by atoms with Crippen LogP contribution in [0.25, 0.3) is 10.9 Å². The smallest absolute Gasteiger partial charge is 0.341 e. The SMILES string of the molecule is COC(=O)c1c(CC(C)C)csc1NC(=O)CCn1cnc2ccc(Br)cc2c1=O. The Balaban J connectivity index is 1.74. The van der Waals surface area contributed by atoms with Crippen molar-refractivity contribution in [1.29, 1.82) is 0 Å². The van der Waals surface area contributed by atoms with Crippen LogP contribution >= 0.6 is 27.3 Å². The Morgan fingerprint density at radius 3 is 2.80 bits per heavy atom. The minimum atomic E-state index is -0.470. The summed E-state index contributed by atoms with van der Waals surface area (Å²) in [5.41, 5.74) is 1.65. The number of methoxy groups -OCH3 is 1. The number of nitrogens with one attached hydrogen (secondary N) is 1. The van der Waals surface area contributed by atoms with Crippen molar-refractivity contribution < 1.29 is 14.3 Å². The number of amides is 1. The summed E-state index contributed by atoms with van der Waals surface area (Å²) in [7, 11) is 1.32. The summed E-state index contributed by atoms with van der Waals surface area (Å²) in [5, 5.41) is 5.61. The molecule has 0 spiro atoms. The van der Waals surface area contributed by atoms with Gasteiger partial charge in [-0.1, -0.05) is 29.8 Å².